The van der Waals surface area contributed by atoms with Crippen molar-refractivity contribution < 1.29 is 4.74 Å². The number of hydrogen-bond donors (Lipinski definition) is 0. The molecule has 0 fully saturated rings. The third kappa shape index (κ3) is 2.26. The molecule has 0 spiro atoms. The Morgan fingerprint density at radius 3 is 2.39 bits per heavy atom. The first kappa shape index (κ1) is 11.3. The number of para-hydroxylation sites is 2. The SMILES string of the molecule is Ic1ccccc1Oc1nnc2ccccc2n1. The highest BCUT2D eigenvalue weighted by Gasteiger charge is 2.05. The van der Waals surface area contributed by atoms with E-state index in [-0.39, 0.29) is 6.01 Å². The Hall–Kier alpha value is -1.76. The van der Waals surface area contributed by atoms with Crippen LogP contribution in [0.4, 0.5) is 0 Å². The van der Waals surface area contributed by atoms with Gasteiger partial charge >= 0.3 is 6.01 Å². The van der Waals surface area contributed by atoms with E-state index in [1.807, 2.05) is 48.5 Å². The van der Waals surface area contributed by atoms with E-state index in [9.17, 15) is 0 Å². The van der Waals surface area contributed by atoms with Gasteiger partial charge in [-0.05, 0) is 46.9 Å². The van der Waals surface area contributed by atoms with Gasteiger partial charge in [0.2, 0.25) is 0 Å². The molecule has 0 radical (unpaired) electrons. The second kappa shape index (κ2) is 4.85. The number of hydrogen-bond acceptors (Lipinski definition) is 4. The third-order valence-corrected chi connectivity index (χ3v) is 3.27. The lowest BCUT2D eigenvalue weighted by atomic mass is 10.3. The summed E-state index contributed by atoms with van der Waals surface area (Å²) in [6.07, 6.45) is 0. The lowest BCUT2D eigenvalue weighted by molar-refractivity contribution is 0.434. The average molecular weight is 349 g/mol. The van der Waals surface area contributed by atoms with E-state index < -0.39 is 0 Å². The summed E-state index contributed by atoms with van der Waals surface area (Å²) in [5.41, 5.74) is 1.53. The Balaban J connectivity index is 1.98. The molecule has 0 bridgehead atoms. The largest absolute Gasteiger partial charge is 0.422 e. The zero-order valence-corrected chi connectivity index (χ0v) is 11.4. The average Bonchev–Trinajstić information content (AvgIpc) is 2.41. The van der Waals surface area contributed by atoms with Crippen LogP contribution in [-0.2, 0) is 0 Å². The van der Waals surface area contributed by atoms with Crippen LogP contribution >= 0.6 is 22.6 Å². The molecule has 0 amide bonds. The van der Waals surface area contributed by atoms with Gasteiger partial charge in [-0.25, -0.2) is 0 Å². The van der Waals surface area contributed by atoms with Crippen molar-refractivity contribution in [3.63, 3.8) is 0 Å². The molecule has 3 aromatic rings. The topological polar surface area (TPSA) is 47.9 Å². The minimum atomic E-state index is 0.262. The van der Waals surface area contributed by atoms with E-state index in [0.29, 0.717) is 0 Å². The Labute approximate surface area is 117 Å². The second-order valence-corrected chi connectivity index (χ2v) is 4.78. The highest BCUT2D eigenvalue weighted by molar-refractivity contribution is 14.1. The third-order valence-electron chi connectivity index (χ3n) is 2.38. The highest BCUT2D eigenvalue weighted by atomic mass is 127. The van der Waals surface area contributed by atoms with Crippen LogP contribution in [0.5, 0.6) is 11.8 Å². The molecular formula is C13H8IN3O. The van der Waals surface area contributed by atoms with E-state index in [2.05, 4.69) is 37.8 Å². The van der Waals surface area contributed by atoms with Crippen molar-refractivity contribution in [1.82, 2.24) is 15.2 Å². The lowest BCUT2D eigenvalue weighted by Gasteiger charge is -2.05. The van der Waals surface area contributed by atoms with Crippen molar-refractivity contribution in [3.05, 3.63) is 52.1 Å². The number of halogens is 1. The Bertz CT molecular complexity index is 702. The van der Waals surface area contributed by atoms with Crippen LogP contribution in [0.1, 0.15) is 0 Å². The number of fused-ring (bicyclic) bond motifs is 1. The fraction of sp³-hybridized carbons (Fsp3) is 0. The molecule has 0 aliphatic rings. The minimum Gasteiger partial charge on any atom is -0.422 e. The summed E-state index contributed by atoms with van der Waals surface area (Å²) in [5.74, 6) is 0.732. The number of rotatable bonds is 2. The molecule has 0 saturated carbocycles. The van der Waals surface area contributed by atoms with E-state index in [0.717, 1.165) is 20.4 Å². The predicted octanol–water partition coefficient (Wildman–Crippen LogP) is 3.42. The smallest absolute Gasteiger partial charge is 0.341 e. The summed E-state index contributed by atoms with van der Waals surface area (Å²) in [5, 5.41) is 8.02. The summed E-state index contributed by atoms with van der Waals surface area (Å²) in [4.78, 5) is 4.31. The Kier molecular flexibility index (Phi) is 3.06. The quantitative estimate of drug-likeness (QED) is 0.666. The van der Waals surface area contributed by atoms with Crippen LogP contribution in [0.25, 0.3) is 11.0 Å². The van der Waals surface area contributed by atoms with Gasteiger partial charge in [0.25, 0.3) is 0 Å². The summed E-state index contributed by atoms with van der Waals surface area (Å²) >= 11 is 2.20. The Morgan fingerprint density at radius 1 is 0.833 bits per heavy atom. The van der Waals surface area contributed by atoms with Gasteiger partial charge in [-0.2, -0.15) is 4.98 Å². The molecule has 0 saturated heterocycles. The first-order valence-corrected chi connectivity index (χ1v) is 6.43. The van der Waals surface area contributed by atoms with Gasteiger partial charge in [-0.1, -0.05) is 29.4 Å². The van der Waals surface area contributed by atoms with E-state index >= 15 is 0 Å². The molecule has 1 aromatic heterocycles. The monoisotopic (exact) mass is 349 g/mol. The van der Waals surface area contributed by atoms with Gasteiger partial charge in [-0.15, -0.1) is 5.10 Å². The van der Waals surface area contributed by atoms with Gasteiger partial charge in [0, 0.05) is 0 Å². The highest BCUT2D eigenvalue weighted by Crippen LogP contribution is 2.24. The standard InChI is InChI=1S/C13H8IN3O/c14-9-5-1-4-8-12(9)18-13-15-10-6-2-3-7-11(10)16-17-13/h1-8H. The molecule has 0 atom stereocenters. The molecular weight excluding hydrogens is 341 g/mol. The zero-order valence-electron chi connectivity index (χ0n) is 9.25. The maximum atomic E-state index is 5.63. The number of ether oxygens (including phenoxy) is 1. The van der Waals surface area contributed by atoms with Crippen LogP contribution in [0.15, 0.2) is 48.5 Å². The summed E-state index contributed by atoms with van der Waals surface area (Å²) < 4.78 is 6.63. The van der Waals surface area contributed by atoms with Crippen LogP contribution in [0.3, 0.4) is 0 Å². The number of aromatic nitrogens is 3. The van der Waals surface area contributed by atoms with Crippen LogP contribution < -0.4 is 4.74 Å². The molecule has 5 heteroatoms. The van der Waals surface area contributed by atoms with Crippen molar-refractivity contribution in [1.29, 1.82) is 0 Å². The maximum absolute atomic E-state index is 5.63. The fourth-order valence-corrected chi connectivity index (χ4v) is 2.03. The van der Waals surface area contributed by atoms with Gasteiger partial charge in [0.05, 0.1) is 9.09 Å². The lowest BCUT2D eigenvalue weighted by Crippen LogP contribution is -1.96. The van der Waals surface area contributed by atoms with Crippen molar-refractivity contribution in [3.8, 4) is 11.8 Å². The number of benzene rings is 2. The van der Waals surface area contributed by atoms with E-state index in [1.165, 1.54) is 0 Å². The molecule has 88 valence electrons. The zero-order chi connectivity index (χ0) is 12.4. The fourth-order valence-electron chi connectivity index (χ4n) is 1.53. The second-order valence-electron chi connectivity index (χ2n) is 3.62. The van der Waals surface area contributed by atoms with Crippen molar-refractivity contribution in [2.45, 2.75) is 0 Å². The molecule has 0 aliphatic heterocycles. The molecule has 2 aromatic carbocycles. The van der Waals surface area contributed by atoms with E-state index in [4.69, 9.17) is 4.74 Å². The van der Waals surface area contributed by atoms with Gasteiger partial charge in [0.1, 0.15) is 11.3 Å². The minimum absolute atomic E-state index is 0.262. The van der Waals surface area contributed by atoms with Gasteiger partial charge in [-0.3, -0.25) is 0 Å². The van der Waals surface area contributed by atoms with Crippen LogP contribution in [-0.4, -0.2) is 15.2 Å². The molecule has 18 heavy (non-hydrogen) atoms. The van der Waals surface area contributed by atoms with Crippen molar-refractivity contribution >= 4 is 33.6 Å². The first-order chi connectivity index (χ1) is 8.83. The normalized spacial score (nSPS) is 10.5. The molecule has 3 rings (SSSR count). The molecule has 0 unspecified atom stereocenters. The van der Waals surface area contributed by atoms with Gasteiger partial charge in [0.15, 0.2) is 0 Å². The summed E-state index contributed by atoms with van der Waals surface area (Å²) in [6, 6.07) is 15.5. The van der Waals surface area contributed by atoms with E-state index in [1.54, 1.807) is 0 Å². The Morgan fingerprint density at radius 2 is 1.56 bits per heavy atom. The van der Waals surface area contributed by atoms with Crippen LogP contribution in [0.2, 0.25) is 0 Å². The van der Waals surface area contributed by atoms with Gasteiger partial charge < -0.3 is 4.74 Å². The molecule has 0 aliphatic carbocycles. The molecule has 4 nitrogen and oxygen atoms in total. The van der Waals surface area contributed by atoms with Crippen molar-refractivity contribution in [2.24, 2.45) is 0 Å². The summed E-state index contributed by atoms with van der Waals surface area (Å²) in [7, 11) is 0. The summed E-state index contributed by atoms with van der Waals surface area (Å²) in [6.45, 7) is 0. The molecule has 1 heterocycles. The van der Waals surface area contributed by atoms with Crippen LogP contribution in [0, 0.1) is 3.57 Å². The molecule has 0 N–H and O–H groups in total. The maximum Gasteiger partial charge on any atom is 0.341 e. The first-order valence-electron chi connectivity index (χ1n) is 5.35. The predicted molar refractivity (Wildman–Crippen MR) is 76.6 cm³/mol. The number of nitrogens with zero attached hydrogens (tertiary/aromatic N) is 3. The van der Waals surface area contributed by atoms with Crippen molar-refractivity contribution in [2.75, 3.05) is 0 Å².